The number of rotatable bonds is 2. The first kappa shape index (κ1) is 10.2. The smallest absolute Gasteiger partial charge is 0.319 e. The highest BCUT2D eigenvalue weighted by atomic mass is 16.4. The van der Waals surface area contributed by atoms with Crippen LogP contribution < -0.4 is 10.6 Å². The normalized spacial score (nSPS) is 20.5. The van der Waals surface area contributed by atoms with E-state index in [0.717, 1.165) is 25.9 Å². The van der Waals surface area contributed by atoms with Crippen molar-refractivity contribution in [2.24, 2.45) is 5.92 Å². The second-order valence-corrected chi connectivity index (χ2v) is 3.99. The molecule has 1 unspecified atom stereocenters. The lowest BCUT2D eigenvalue weighted by Gasteiger charge is -2.31. The average molecular weight is 212 g/mol. The number of aliphatic hydroxyl groups excluding tert-OH is 1. The molecule has 84 valence electrons. The van der Waals surface area contributed by atoms with Crippen LogP contribution in [0.1, 0.15) is 19.8 Å². The van der Waals surface area contributed by atoms with Gasteiger partial charge in [-0.05, 0) is 25.7 Å². The van der Waals surface area contributed by atoms with Gasteiger partial charge in [-0.1, -0.05) is 10.2 Å². The van der Waals surface area contributed by atoms with Crippen molar-refractivity contribution in [3.63, 3.8) is 0 Å². The van der Waals surface area contributed by atoms with Crippen molar-refractivity contribution in [2.75, 3.05) is 23.7 Å². The molecule has 1 atom stereocenters. The molecule has 0 aromatic carbocycles. The maximum atomic E-state index is 9.45. The van der Waals surface area contributed by atoms with Crippen LogP contribution in [0.15, 0.2) is 4.42 Å². The summed E-state index contributed by atoms with van der Waals surface area (Å²) >= 11 is 0. The molecule has 0 spiro atoms. The van der Waals surface area contributed by atoms with Gasteiger partial charge in [-0.25, -0.2) is 0 Å². The second kappa shape index (κ2) is 4.06. The lowest BCUT2D eigenvalue weighted by Crippen LogP contribution is -2.37. The molecule has 0 saturated carbocycles. The molecule has 15 heavy (non-hydrogen) atoms. The number of nitrogens with two attached hydrogens (primary N) is 1. The average Bonchev–Trinajstić information content (AvgIpc) is 2.65. The minimum absolute atomic E-state index is 0.0997. The second-order valence-electron chi connectivity index (χ2n) is 3.99. The van der Waals surface area contributed by atoms with E-state index in [2.05, 4.69) is 10.2 Å². The van der Waals surface area contributed by atoms with Gasteiger partial charge in [0.05, 0.1) is 6.10 Å². The molecular formula is C9H16N4O2. The van der Waals surface area contributed by atoms with E-state index in [9.17, 15) is 5.11 Å². The van der Waals surface area contributed by atoms with E-state index in [0.29, 0.717) is 11.9 Å². The first-order valence-corrected chi connectivity index (χ1v) is 5.19. The van der Waals surface area contributed by atoms with Crippen LogP contribution in [0.3, 0.4) is 0 Å². The highest BCUT2D eigenvalue weighted by Crippen LogP contribution is 2.24. The Morgan fingerprint density at radius 3 is 2.60 bits per heavy atom. The van der Waals surface area contributed by atoms with Crippen molar-refractivity contribution in [3.8, 4) is 0 Å². The highest BCUT2D eigenvalue weighted by Gasteiger charge is 2.25. The van der Waals surface area contributed by atoms with Gasteiger partial charge in [0.15, 0.2) is 0 Å². The number of anilines is 2. The van der Waals surface area contributed by atoms with Crippen LogP contribution in [-0.2, 0) is 0 Å². The number of nitrogens with zero attached hydrogens (tertiary/aromatic N) is 3. The zero-order valence-electron chi connectivity index (χ0n) is 8.76. The Labute approximate surface area is 88.1 Å². The third-order valence-electron chi connectivity index (χ3n) is 2.92. The maximum Gasteiger partial charge on any atom is 0.319 e. The zero-order chi connectivity index (χ0) is 10.8. The highest BCUT2D eigenvalue weighted by molar-refractivity contribution is 5.28. The number of aliphatic hydroxyl groups is 1. The first-order valence-electron chi connectivity index (χ1n) is 5.19. The number of hydrogen-bond donors (Lipinski definition) is 2. The Morgan fingerprint density at radius 1 is 1.47 bits per heavy atom. The standard InChI is InChI=1S/C9H16N4O2/c1-6(14)7-2-4-13(5-3-7)9-12-11-8(10)15-9/h6-7,14H,2-5H2,1H3,(H2,10,11). The van der Waals surface area contributed by atoms with E-state index < -0.39 is 0 Å². The predicted octanol–water partition coefficient (Wildman–Crippen LogP) is 0.249. The van der Waals surface area contributed by atoms with E-state index in [1.54, 1.807) is 0 Å². The molecule has 1 aromatic heterocycles. The minimum atomic E-state index is -0.236. The molecule has 6 nitrogen and oxygen atoms in total. The lowest BCUT2D eigenvalue weighted by atomic mass is 9.92. The Balaban J connectivity index is 1.93. The van der Waals surface area contributed by atoms with Crippen LogP contribution in [0.2, 0.25) is 0 Å². The summed E-state index contributed by atoms with van der Waals surface area (Å²) in [5, 5.41) is 16.9. The number of piperidine rings is 1. The summed E-state index contributed by atoms with van der Waals surface area (Å²) in [4.78, 5) is 2.00. The number of aromatic nitrogens is 2. The van der Waals surface area contributed by atoms with Crippen molar-refractivity contribution in [1.82, 2.24) is 10.2 Å². The van der Waals surface area contributed by atoms with E-state index in [4.69, 9.17) is 10.2 Å². The topological polar surface area (TPSA) is 88.4 Å². The summed E-state index contributed by atoms with van der Waals surface area (Å²) in [5.41, 5.74) is 5.35. The lowest BCUT2D eigenvalue weighted by molar-refractivity contribution is 0.109. The summed E-state index contributed by atoms with van der Waals surface area (Å²) in [7, 11) is 0. The first-order chi connectivity index (χ1) is 7.16. The zero-order valence-corrected chi connectivity index (χ0v) is 8.76. The summed E-state index contributed by atoms with van der Waals surface area (Å²) < 4.78 is 5.14. The van der Waals surface area contributed by atoms with Gasteiger partial charge in [-0.3, -0.25) is 0 Å². The van der Waals surface area contributed by atoms with Crippen molar-refractivity contribution in [1.29, 1.82) is 0 Å². The quantitative estimate of drug-likeness (QED) is 0.730. The molecule has 0 radical (unpaired) electrons. The Hall–Kier alpha value is -1.30. The van der Waals surface area contributed by atoms with Gasteiger partial charge in [0.1, 0.15) is 0 Å². The summed E-state index contributed by atoms with van der Waals surface area (Å²) in [6.07, 6.45) is 1.65. The molecule has 1 aromatic rings. The molecule has 0 amide bonds. The van der Waals surface area contributed by atoms with Gasteiger partial charge in [0, 0.05) is 13.1 Å². The van der Waals surface area contributed by atoms with Crippen molar-refractivity contribution < 1.29 is 9.52 Å². The van der Waals surface area contributed by atoms with Crippen LogP contribution in [0.4, 0.5) is 12.0 Å². The maximum absolute atomic E-state index is 9.45. The molecule has 1 aliphatic rings. The molecule has 2 heterocycles. The molecular weight excluding hydrogens is 196 g/mol. The van der Waals surface area contributed by atoms with Gasteiger partial charge in [0.2, 0.25) is 0 Å². The molecule has 1 aliphatic heterocycles. The third kappa shape index (κ3) is 2.20. The fourth-order valence-electron chi connectivity index (χ4n) is 1.93. The monoisotopic (exact) mass is 212 g/mol. The predicted molar refractivity (Wildman–Crippen MR) is 55.3 cm³/mol. The molecule has 1 saturated heterocycles. The third-order valence-corrected chi connectivity index (χ3v) is 2.92. The van der Waals surface area contributed by atoms with E-state index >= 15 is 0 Å². The van der Waals surface area contributed by atoms with Crippen molar-refractivity contribution in [3.05, 3.63) is 0 Å². The van der Waals surface area contributed by atoms with Gasteiger partial charge in [-0.15, -0.1) is 0 Å². The van der Waals surface area contributed by atoms with Crippen LogP contribution in [0.25, 0.3) is 0 Å². The number of nitrogen functional groups attached to an aromatic ring is 1. The fourth-order valence-corrected chi connectivity index (χ4v) is 1.93. The van der Waals surface area contributed by atoms with E-state index in [-0.39, 0.29) is 12.1 Å². The van der Waals surface area contributed by atoms with Gasteiger partial charge >= 0.3 is 12.0 Å². The Kier molecular flexibility index (Phi) is 2.77. The molecule has 0 aliphatic carbocycles. The SMILES string of the molecule is CC(O)C1CCN(c2nnc(N)o2)CC1. The van der Waals surface area contributed by atoms with Crippen LogP contribution >= 0.6 is 0 Å². The molecule has 6 heteroatoms. The molecule has 2 rings (SSSR count). The van der Waals surface area contributed by atoms with E-state index in [1.807, 2.05) is 11.8 Å². The summed E-state index contributed by atoms with van der Waals surface area (Å²) in [6.45, 7) is 3.50. The molecule has 3 N–H and O–H groups in total. The van der Waals surface area contributed by atoms with Gasteiger partial charge in [0.25, 0.3) is 0 Å². The van der Waals surface area contributed by atoms with Crippen molar-refractivity contribution in [2.45, 2.75) is 25.9 Å². The summed E-state index contributed by atoms with van der Waals surface area (Å²) in [6, 6.07) is 0.583. The number of hydrogen-bond acceptors (Lipinski definition) is 6. The Morgan fingerprint density at radius 2 is 2.13 bits per heavy atom. The molecule has 0 bridgehead atoms. The van der Waals surface area contributed by atoms with Crippen LogP contribution in [0, 0.1) is 5.92 Å². The minimum Gasteiger partial charge on any atom is -0.393 e. The molecule has 1 fully saturated rings. The van der Waals surface area contributed by atoms with Crippen LogP contribution in [0.5, 0.6) is 0 Å². The van der Waals surface area contributed by atoms with Gasteiger partial charge in [-0.2, -0.15) is 0 Å². The van der Waals surface area contributed by atoms with Crippen LogP contribution in [-0.4, -0.2) is 34.5 Å². The summed E-state index contributed by atoms with van der Waals surface area (Å²) in [5.74, 6) is 0.376. The largest absolute Gasteiger partial charge is 0.393 e. The van der Waals surface area contributed by atoms with E-state index in [1.165, 1.54) is 0 Å². The van der Waals surface area contributed by atoms with Gasteiger partial charge < -0.3 is 20.2 Å². The van der Waals surface area contributed by atoms with Crippen molar-refractivity contribution >= 4 is 12.0 Å². The fraction of sp³-hybridized carbons (Fsp3) is 0.778. The Bertz CT molecular complexity index is 318.